The van der Waals surface area contributed by atoms with E-state index in [1.165, 1.54) is 25.8 Å². The highest BCUT2D eigenvalue weighted by Gasteiger charge is 2.29. The first kappa shape index (κ1) is 11.9. The summed E-state index contributed by atoms with van der Waals surface area (Å²) in [7, 11) is 2.23. The second kappa shape index (κ2) is 5.66. The fourth-order valence-electron chi connectivity index (χ4n) is 1.80. The predicted octanol–water partition coefficient (Wildman–Crippen LogP) is 2.17. The van der Waals surface area contributed by atoms with Gasteiger partial charge >= 0.3 is 0 Å². The molecule has 3 heteroatoms. The summed E-state index contributed by atoms with van der Waals surface area (Å²) in [5.41, 5.74) is 5.45. The van der Waals surface area contributed by atoms with E-state index < -0.39 is 0 Å². The summed E-state index contributed by atoms with van der Waals surface area (Å²) in [5, 5.41) is 0. The van der Waals surface area contributed by atoms with E-state index >= 15 is 0 Å². The van der Waals surface area contributed by atoms with Gasteiger partial charge in [-0.05, 0) is 58.5 Å². The lowest BCUT2D eigenvalue weighted by Gasteiger charge is -2.24. The molecule has 0 amide bonds. The van der Waals surface area contributed by atoms with Crippen LogP contribution in [0.3, 0.4) is 0 Å². The van der Waals surface area contributed by atoms with Crippen LogP contribution in [0.5, 0.6) is 0 Å². The van der Waals surface area contributed by atoms with Gasteiger partial charge in [0.2, 0.25) is 0 Å². The summed E-state index contributed by atoms with van der Waals surface area (Å²) in [6.45, 7) is 3.52. The Hall–Kier alpha value is -0.150. The van der Waals surface area contributed by atoms with Crippen molar-refractivity contribution in [3.8, 4) is 0 Å². The van der Waals surface area contributed by atoms with Gasteiger partial charge in [-0.2, -0.15) is 0 Å². The molecule has 1 aliphatic rings. The average Bonchev–Trinajstić information content (AvgIpc) is 2.93. The van der Waals surface area contributed by atoms with E-state index in [9.17, 15) is 0 Å². The van der Waals surface area contributed by atoms with Crippen molar-refractivity contribution >= 4 is 17.2 Å². The maximum Gasteiger partial charge on any atom is 0.0727 e. The molecule has 1 rings (SSSR count). The quantitative estimate of drug-likeness (QED) is 0.520. The number of nitrogens with two attached hydrogens (primary N) is 1. The van der Waals surface area contributed by atoms with E-state index in [2.05, 4.69) is 18.9 Å². The van der Waals surface area contributed by atoms with Gasteiger partial charge in [-0.25, -0.2) is 0 Å². The highest BCUT2D eigenvalue weighted by Crippen LogP contribution is 2.34. The molecule has 1 aliphatic carbocycles. The van der Waals surface area contributed by atoms with Crippen molar-refractivity contribution in [3.63, 3.8) is 0 Å². The number of hydrogen-bond donors (Lipinski definition) is 1. The van der Waals surface area contributed by atoms with Gasteiger partial charge in [-0.1, -0.05) is 12.2 Å². The van der Waals surface area contributed by atoms with Crippen molar-refractivity contribution in [2.45, 2.75) is 45.1 Å². The van der Waals surface area contributed by atoms with Crippen LogP contribution in [0.15, 0.2) is 0 Å². The average molecular weight is 214 g/mol. The molecular formula is C11H22N2S. The molecule has 1 unspecified atom stereocenters. The molecule has 0 aliphatic heterocycles. The lowest BCUT2D eigenvalue weighted by atomic mass is 10.1. The normalized spacial score (nSPS) is 18.5. The summed E-state index contributed by atoms with van der Waals surface area (Å²) >= 11 is 4.84. The number of nitrogens with zero attached hydrogens (tertiary/aromatic N) is 1. The third kappa shape index (κ3) is 4.38. The van der Waals surface area contributed by atoms with E-state index in [1.54, 1.807) is 0 Å². The van der Waals surface area contributed by atoms with Crippen LogP contribution < -0.4 is 5.73 Å². The Kier molecular flexibility index (Phi) is 4.82. The van der Waals surface area contributed by atoms with Gasteiger partial charge in [0.1, 0.15) is 0 Å². The Bertz CT molecular complexity index is 190. The third-order valence-corrected chi connectivity index (χ3v) is 3.39. The maximum absolute atomic E-state index is 5.45. The number of hydrogen-bond acceptors (Lipinski definition) is 2. The van der Waals surface area contributed by atoms with Crippen molar-refractivity contribution in [2.75, 3.05) is 13.6 Å². The first-order chi connectivity index (χ1) is 6.61. The molecule has 0 aromatic carbocycles. The fraction of sp³-hybridized carbons (Fsp3) is 0.909. The van der Waals surface area contributed by atoms with E-state index in [1.807, 2.05) is 0 Å². The molecule has 1 fully saturated rings. The molecule has 0 aromatic heterocycles. The van der Waals surface area contributed by atoms with Crippen molar-refractivity contribution in [1.82, 2.24) is 4.90 Å². The molecule has 1 saturated carbocycles. The summed E-state index contributed by atoms with van der Waals surface area (Å²) in [5.74, 6) is 0.968. The molecular weight excluding hydrogens is 192 g/mol. The van der Waals surface area contributed by atoms with Crippen LogP contribution in [0.25, 0.3) is 0 Å². The molecule has 0 saturated heterocycles. The fourth-order valence-corrected chi connectivity index (χ4v) is 1.95. The van der Waals surface area contributed by atoms with Gasteiger partial charge in [-0.3, -0.25) is 0 Å². The standard InChI is InChI=1S/C11H22N2S/c1-9(10-6-7-10)13(2)8-4-3-5-11(12)14/h9-10H,3-8H2,1-2H3,(H2,12,14). The van der Waals surface area contributed by atoms with Crippen molar-refractivity contribution in [1.29, 1.82) is 0 Å². The zero-order valence-corrected chi connectivity index (χ0v) is 10.1. The van der Waals surface area contributed by atoms with Gasteiger partial charge in [-0.15, -0.1) is 0 Å². The molecule has 1 atom stereocenters. The lowest BCUT2D eigenvalue weighted by molar-refractivity contribution is 0.231. The van der Waals surface area contributed by atoms with E-state index in [-0.39, 0.29) is 0 Å². The first-order valence-corrected chi connectivity index (χ1v) is 6.00. The summed E-state index contributed by atoms with van der Waals surface area (Å²) in [4.78, 5) is 3.12. The molecule has 0 radical (unpaired) electrons. The van der Waals surface area contributed by atoms with Crippen LogP contribution >= 0.6 is 12.2 Å². The van der Waals surface area contributed by atoms with Gasteiger partial charge in [0, 0.05) is 6.04 Å². The highest BCUT2D eigenvalue weighted by atomic mass is 32.1. The number of rotatable bonds is 7. The Labute approximate surface area is 92.8 Å². The summed E-state index contributed by atoms with van der Waals surface area (Å²) in [6.07, 6.45) is 6.11. The first-order valence-electron chi connectivity index (χ1n) is 5.60. The molecule has 0 heterocycles. The SMILES string of the molecule is CC(C1CC1)N(C)CCCCC(N)=S. The van der Waals surface area contributed by atoms with Crippen LogP contribution in [-0.4, -0.2) is 29.5 Å². The van der Waals surface area contributed by atoms with Crippen molar-refractivity contribution < 1.29 is 0 Å². The monoisotopic (exact) mass is 214 g/mol. The second-order valence-electron chi connectivity index (χ2n) is 4.48. The van der Waals surface area contributed by atoms with Crippen LogP contribution in [0.1, 0.15) is 39.0 Å². The Morgan fingerprint density at radius 2 is 2.14 bits per heavy atom. The van der Waals surface area contributed by atoms with E-state index in [0.29, 0.717) is 4.99 Å². The smallest absolute Gasteiger partial charge is 0.0727 e. The van der Waals surface area contributed by atoms with Crippen LogP contribution in [-0.2, 0) is 0 Å². The minimum atomic E-state index is 0.655. The van der Waals surface area contributed by atoms with Crippen LogP contribution in [0, 0.1) is 5.92 Å². The van der Waals surface area contributed by atoms with Crippen molar-refractivity contribution in [3.05, 3.63) is 0 Å². The molecule has 0 spiro atoms. The number of unbranched alkanes of at least 4 members (excludes halogenated alkanes) is 1. The van der Waals surface area contributed by atoms with Crippen molar-refractivity contribution in [2.24, 2.45) is 11.7 Å². The predicted molar refractivity (Wildman–Crippen MR) is 65.5 cm³/mol. The largest absolute Gasteiger partial charge is 0.393 e. The molecule has 82 valence electrons. The Balaban J connectivity index is 2.02. The topological polar surface area (TPSA) is 29.3 Å². The zero-order chi connectivity index (χ0) is 10.6. The van der Waals surface area contributed by atoms with Gasteiger partial charge in [0.25, 0.3) is 0 Å². The minimum absolute atomic E-state index is 0.655. The van der Waals surface area contributed by atoms with Crippen LogP contribution in [0.4, 0.5) is 0 Å². The van der Waals surface area contributed by atoms with E-state index in [0.717, 1.165) is 24.8 Å². The molecule has 14 heavy (non-hydrogen) atoms. The Morgan fingerprint density at radius 1 is 1.50 bits per heavy atom. The molecule has 0 aromatic rings. The second-order valence-corrected chi connectivity index (χ2v) is 5.01. The minimum Gasteiger partial charge on any atom is -0.393 e. The highest BCUT2D eigenvalue weighted by molar-refractivity contribution is 7.80. The van der Waals surface area contributed by atoms with Gasteiger partial charge in [0.05, 0.1) is 4.99 Å². The van der Waals surface area contributed by atoms with Gasteiger partial charge < -0.3 is 10.6 Å². The molecule has 0 bridgehead atoms. The summed E-state index contributed by atoms with van der Waals surface area (Å²) < 4.78 is 0. The maximum atomic E-state index is 5.45. The Morgan fingerprint density at radius 3 is 2.64 bits per heavy atom. The molecule has 2 N–H and O–H groups in total. The van der Waals surface area contributed by atoms with Gasteiger partial charge in [0.15, 0.2) is 0 Å². The lowest BCUT2D eigenvalue weighted by Crippen LogP contribution is -2.31. The summed E-state index contributed by atoms with van der Waals surface area (Å²) in [6, 6.07) is 0.764. The molecule has 2 nitrogen and oxygen atoms in total. The zero-order valence-electron chi connectivity index (χ0n) is 9.33. The third-order valence-electron chi connectivity index (χ3n) is 3.18. The number of thiocarbonyl (C=S) groups is 1. The van der Waals surface area contributed by atoms with E-state index in [4.69, 9.17) is 18.0 Å². The van der Waals surface area contributed by atoms with Crippen LogP contribution in [0.2, 0.25) is 0 Å².